The zero-order valence-electron chi connectivity index (χ0n) is 8.04. The van der Waals surface area contributed by atoms with Gasteiger partial charge in [-0.2, -0.15) is 10.4 Å². The van der Waals surface area contributed by atoms with Gasteiger partial charge in [0.15, 0.2) is 0 Å². The molecule has 0 fully saturated rings. The lowest BCUT2D eigenvalue weighted by molar-refractivity contribution is -0.383. The molecule has 0 amide bonds. The molecule has 6 heteroatoms. The standard InChI is InChI=1S/C10H6N4O2/c11-3-1-2-7-4-9-8(6-12-13-9)10(5-7)14(15)16/h1-2,4-6H,(H,12,13). The summed E-state index contributed by atoms with van der Waals surface area (Å²) in [6.45, 7) is 0. The summed E-state index contributed by atoms with van der Waals surface area (Å²) in [5.41, 5.74) is 1.14. The fourth-order valence-corrected chi connectivity index (χ4v) is 1.43. The highest BCUT2D eigenvalue weighted by Crippen LogP contribution is 2.26. The fraction of sp³-hybridized carbons (Fsp3) is 0. The van der Waals surface area contributed by atoms with E-state index in [4.69, 9.17) is 5.26 Å². The summed E-state index contributed by atoms with van der Waals surface area (Å²) < 4.78 is 0. The number of nitro groups is 1. The molecule has 1 heterocycles. The Bertz CT molecular complexity index is 621. The van der Waals surface area contributed by atoms with Gasteiger partial charge < -0.3 is 0 Å². The summed E-state index contributed by atoms with van der Waals surface area (Å²) in [5.74, 6) is 0. The van der Waals surface area contributed by atoms with Gasteiger partial charge >= 0.3 is 0 Å². The Balaban J connectivity index is 2.67. The number of benzene rings is 1. The second-order valence-corrected chi connectivity index (χ2v) is 3.09. The number of allylic oxidation sites excluding steroid dienone is 1. The molecule has 1 aromatic carbocycles. The van der Waals surface area contributed by atoms with E-state index in [1.165, 1.54) is 24.4 Å². The van der Waals surface area contributed by atoms with Crippen molar-refractivity contribution in [2.45, 2.75) is 0 Å². The molecule has 0 atom stereocenters. The van der Waals surface area contributed by atoms with Crippen LogP contribution >= 0.6 is 0 Å². The predicted molar refractivity (Wildman–Crippen MR) is 57.4 cm³/mol. The number of nitriles is 1. The second kappa shape index (κ2) is 3.82. The average Bonchev–Trinajstić information content (AvgIpc) is 2.72. The summed E-state index contributed by atoms with van der Waals surface area (Å²) in [5, 5.41) is 26.1. The molecule has 78 valence electrons. The van der Waals surface area contributed by atoms with E-state index >= 15 is 0 Å². The summed E-state index contributed by atoms with van der Waals surface area (Å²) in [7, 11) is 0. The second-order valence-electron chi connectivity index (χ2n) is 3.09. The molecule has 0 aliphatic carbocycles. The van der Waals surface area contributed by atoms with Gasteiger partial charge in [0.1, 0.15) is 0 Å². The van der Waals surface area contributed by atoms with E-state index in [-0.39, 0.29) is 5.69 Å². The number of nitrogens with zero attached hydrogens (tertiary/aromatic N) is 3. The molecule has 2 rings (SSSR count). The summed E-state index contributed by atoms with van der Waals surface area (Å²) >= 11 is 0. The SMILES string of the molecule is N#CC=Cc1cc([N+](=O)[O-])c2cn[nH]c2c1. The van der Waals surface area contributed by atoms with E-state index < -0.39 is 4.92 Å². The number of aromatic amines is 1. The van der Waals surface area contributed by atoms with Crippen molar-refractivity contribution < 1.29 is 4.92 Å². The molecular weight excluding hydrogens is 208 g/mol. The van der Waals surface area contributed by atoms with Crippen LogP contribution in [-0.4, -0.2) is 15.1 Å². The van der Waals surface area contributed by atoms with Crippen molar-refractivity contribution in [1.82, 2.24) is 10.2 Å². The minimum Gasteiger partial charge on any atom is -0.278 e. The Hall–Kier alpha value is -2.68. The minimum atomic E-state index is -0.471. The third-order valence-electron chi connectivity index (χ3n) is 2.11. The van der Waals surface area contributed by atoms with Gasteiger partial charge in [-0.25, -0.2) is 0 Å². The van der Waals surface area contributed by atoms with Gasteiger partial charge in [-0.05, 0) is 17.7 Å². The predicted octanol–water partition coefficient (Wildman–Crippen LogP) is 2.01. The van der Waals surface area contributed by atoms with Gasteiger partial charge in [0.05, 0.1) is 28.1 Å². The maximum Gasteiger partial charge on any atom is 0.280 e. The summed E-state index contributed by atoms with van der Waals surface area (Å²) in [6, 6.07) is 4.94. The molecule has 2 aromatic rings. The zero-order chi connectivity index (χ0) is 11.5. The number of fused-ring (bicyclic) bond motifs is 1. The highest BCUT2D eigenvalue weighted by atomic mass is 16.6. The van der Waals surface area contributed by atoms with Crippen molar-refractivity contribution in [2.24, 2.45) is 0 Å². The van der Waals surface area contributed by atoms with Crippen molar-refractivity contribution in [3.8, 4) is 6.07 Å². The van der Waals surface area contributed by atoms with E-state index in [9.17, 15) is 10.1 Å². The van der Waals surface area contributed by atoms with Crippen LogP contribution in [0.4, 0.5) is 5.69 Å². The number of hydrogen-bond donors (Lipinski definition) is 1. The van der Waals surface area contributed by atoms with Gasteiger partial charge in [0, 0.05) is 12.1 Å². The Labute approximate surface area is 90.0 Å². The van der Waals surface area contributed by atoms with Crippen LogP contribution in [-0.2, 0) is 0 Å². The fourth-order valence-electron chi connectivity index (χ4n) is 1.43. The first kappa shape index (κ1) is 9.86. The minimum absolute atomic E-state index is 0.0242. The van der Waals surface area contributed by atoms with E-state index in [1.54, 1.807) is 6.07 Å². The van der Waals surface area contributed by atoms with E-state index in [0.29, 0.717) is 16.5 Å². The van der Waals surface area contributed by atoms with Crippen LogP contribution in [0.1, 0.15) is 5.56 Å². The monoisotopic (exact) mass is 214 g/mol. The van der Waals surface area contributed by atoms with Crippen molar-refractivity contribution in [2.75, 3.05) is 0 Å². The summed E-state index contributed by atoms with van der Waals surface area (Å²) in [4.78, 5) is 10.3. The maximum absolute atomic E-state index is 10.8. The largest absolute Gasteiger partial charge is 0.280 e. The van der Waals surface area contributed by atoms with Gasteiger partial charge in [-0.15, -0.1) is 0 Å². The van der Waals surface area contributed by atoms with E-state index in [2.05, 4.69) is 10.2 Å². The maximum atomic E-state index is 10.8. The summed E-state index contributed by atoms with van der Waals surface area (Å²) in [6.07, 6.45) is 4.18. The molecule has 0 aliphatic rings. The van der Waals surface area contributed by atoms with Crippen LogP contribution in [0.15, 0.2) is 24.4 Å². The number of nitrogens with one attached hydrogen (secondary N) is 1. The Kier molecular flexibility index (Phi) is 2.36. The van der Waals surface area contributed by atoms with Crippen LogP contribution in [0.2, 0.25) is 0 Å². The van der Waals surface area contributed by atoms with Gasteiger partial charge in [-0.3, -0.25) is 15.2 Å². The van der Waals surface area contributed by atoms with Gasteiger partial charge in [0.25, 0.3) is 5.69 Å². The molecule has 0 saturated carbocycles. The first-order valence-electron chi connectivity index (χ1n) is 4.40. The molecule has 0 saturated heterocycles. The van der Waals surface area contributed by atoms with Crippen molar-refractivity contribution >= 4 is 22.7 Å². The lowest BCUT2D eigenvalue weighted by Crippen LogP contribution is -1.89. The van der Waals surface area contributed by atoms with Crippen molar-refractivity contribution in [3.05, 3.63) is 40.1 Å². The molecule has 0 aliphatic heterocycles. The lowest BCUT2D eigenvalue weighted by atomic mass is 10.1. The molecule has 6 nitrogen and oxygen atoms in total. The number of nitro benzene ring substituents is 1. The van der Waals surface area contributed by atoms with Crippen LogP contribution in [0.25, 0.3) is 17.0 Å². The zero-order valence-corrected chi connectivity index (χ0v) is 8.04. The lowest BCUT2D eigenvalue weighted by Gasteiger charge is -1.96. The van der Waals surface area contributed by atoms with E-state index in [1.807, 2.05) is 6.07 Å². The Morgan fingerprint density at radius 1 is 1.56 bits per heavy atom. The first-order chi connectivity index (χ1) is 7.72. The molecule has 16 heavy (non-hydrogen) atoms. The third-order valence-corrected chi connectivity index (χ3v) is 2.11. The van der Waals surface area contributed by atoms with Crippen LogP contribution < -0.4 is 0 Å². The van der Waals surface area contributed by atoms with E-state index in [0.717, 1.165) is 0 Å². The molecule has 0 spiro atoms. The van der Waals surface area contributed by atoms with Crippen LogP contribution in [0.3, 0.4) is 0 Å². The van der Waals surface area contributed by atoms with Crippen molar-refractivity contribution in [1.29, 1.82) is 5.26 Å². The number of rotatable bonds is 2. The molecule has 1 aromatic heterocycles. The number of aromatic nitrogens is 2. The molecule has 1 N–H and O–H groups in total. The smallest absolute Gasteiger partial charge is 0.278 e. The first-order valence-corrected chi connectivity index (χ1v) is 4.40. The van der Waals surface area contributed by atoms with Crippen molar-refractivity contribution in [3.63, 3.8) is 0 Å². The van der Waals surface area contributed by atoms with Crippen LogP contribution in [0.5, 0.6) is 0 Å². The highest BCUT2D eigenvalue weighted by molar-refractivity contribution is 5.89. The topological polar surface area (TPSA) is 95.6 Å². The molecule has 0 radical (unpaired) electrons. The molecular formula is C10H6N4O2. The third kappa shape index (κ3) is 1.62. The Morgan fingerprint density at radius 2 is 2.38 bits per heavy atom. The highest BCUT2D eigenvalue weighted by Gasteiger charge is 2.14. The molecule has 0 unspecified atom stereocenters. The number of H-pyrrole nitrogens is 1. The van der Waals surface area contributed by atoms with Crippen LogP contribution in [0, 0.1) is 21.4 Å². The quantitative estimate of drug-likeness (QED) is 0.469. The average molecular weight is 214 g/mol. The van der Waals surface area contributed by atoms with Gasteiger partial charge in [-0.1, -0.05) is 0 Å². The normalized spacial score (nSPS) is 10.7. The Morgan fingerprint density at radius 3 is 3.06 bits per heavy atom. The van der Waals surface area contributed by atoms with Gasteiger partial charge in [0.2, 0.25) is 0 Å². The number of hydrogen-bond acceptors (Lipinski definition) is 4. The molecule has 0 bridgehead atoms. The number of non-ortho nitro benzene ring substituents is 1.